The molecule has 1 atom stereocenters. The van der Waals surface area contributed by atoms with Crippen LogP contribution >= 0.6 is 0 Å². The first-order valence-corrected chi connectivity index (χ1v) is 9.00. The normalized spacial score (nSPS) is 25.5. The highest BCUT2D eigenvalue weighted by molar-refractivity contribution is 7.91. The van der Waals surface area contributed by atoms with Gasteiger partial charge in [0, 0.05) is 0 Å². The summed E-state index contributed by atoms with van der Waals surface area (Å²) in [5.74, 6) is -1.67. The summed E-state index contributed by atoms with van der Waals surface area (Å²) in [4.78, 5) is 37.4. The van der Waals surface area contributed by atoms with E-state index in [-0.39, 0.29) is 22.6 Å². The lowest BCUT2D eigenvalue weighted by atomic mass is 10.0. The van der Waals surface area contributed by atoms with Crippen molar-refractivity contribution in [3.8, 4) is 0 Å². The molecule has 3 rings (SSSR count). The molecule has 2 aliphatic rings. The summed E-state index contributed by atoms with van der Waals surface area (Å²) < 4.78 is 23.1. The van der Waals surface area contributed by atoms with Crippen molar-refractivity contribution in [1.82, 2.24) is 10.2 Å². The van der Waals surface area contributed by atoms with E-state index in [1.54, 1.807) is 31.2 Å². The van der Waals surface area contributed by atoms with Crippen LogP contribution < -0.4 is 5.32 Å². The number of sulfone groups is 1. The van der Waals surface area contributed by atoms with E-state index >= 15 is 0 Å². The van der Waals surface area contributed by atoms with Gasteiger partial charge in [0.2, 0.25) is 5.91 Å². The molecule has 0 spiro atoms. The van der Waals surface area contributed by atoms with E-state index in [4.69, 9.17) is 0 Å². The number of carbonyl (C=O) groups is 3. The van der Waals surface area contributed by atoms with Gasteiger partial charge in [0.1, 0.15) is 6.54 Å². The topological polar surface area (TPSA) is 101 Å². The summed E-state index contributed by atoms with van der Waals surface area (Å²) in [6.45, 7) is 1.24. The zero-order valence-electron chi connectivity index (χ0n) is 12.5. The number of hydrogen-bond donors (Lipinski definition) is 1. The number of nitrogens with one attached hydrogen (secondary N) is 1. The van der Waals surface area contributed by atoms with Gasteiger partial charge in [-0.2, -0.15) is 0 Å². The number of imide groups is 1. The molecule has 1 aromatic rings. The summed E-state index contributed by atoms with van der Waals surface area (Å²) >= 11 is 0. The minimum absolute atomic E-state index is 0.0246. The van der Waals surface area contributed by atoms with Crippen LogP contribution in [-0.2, 0) is 14.6 Å². The quantitative estimate of drug-likeness (QED) is 0.782. The van der Waals surface area contributed by atoms with Crippen LogP contribution in [0.5, 0.6) is 0 Å². The first-order chi connectivity index (χ1) is 10.7. The molecule has 1 saturated heterocycles. The van der Waals surface area contributed by atoms with Gasteiger partial charge in [-0.25, -0.2) is 8.42 Å². The predicted molar refractivity (Wildman–Crippen MR) is 81.6 cm³/mol. The Bertz CT molecular complexity index is 782. The van der Waals surface area contributed by atoms with E-state index < -0.39 is 39.6 Å². The molecule has 7 nitrogen and oxygen atoms in total. The molecule has 8 heteroatoms. The van der Waals surface area contributed by atoms with E-state index in [0.717, 1.165) is 4.90 Å². The Morgan fingerprint density at radius 1 is 1.22 bits per heavy atom. The molecule has 0 unspecified atom stereocenters. The van der Waals surface area contributed by atoms with Gasteiger partial charge >= 0.3 is 0 Å². The molecule has 3 amide bonds. The molecular formula is C15H16N2O5S. The molecule has 1 fully saturated rings. The van der Waals surface area contributed by atoms with E-state index in [9.17, 15) is 22.8 Å². The molecule has 0 radical (unpaired) electrons. The van der Waals surface area contributed by atoms with Gasteiger partial charge in [0.15, 0.2) is 9.84 Å². The second-order valence-electron chi connectivity index (χ2n) is 6.19. The average Bonchev–Trinajstić information content (AvgIpc) is 2.88. The average molecular weight is 336 g/mol. The van der Waals surface area contributed by atoms with E-state index in [0.29, 0.717) is 6.42 Å². The number of nitrogens with zero attached hydrogens (tertiary/aromatic N) is 1. The summed E-state index contributed by atoms with van der Waals surface area (Å²) in [5, 5.41) is 2.64. The fourth-order valence-corrected chi connectivity index (χ4v) is 5.10. The predicted octanol–water partition coefficient (Wildman–Crippen LogP) is -0.0240. The molecule has 122 valence electrons. The molecule has 0 aromatic heterocycles. The zero-order chi connectivity index (χ0) is 16.8. The van der Waals surface area contributed by atoms with Crippen LogP contribution in [0.25, 0.3) is 0 Å². The smallest absolute Gasteiger partial charge is 0.262 e. The van der Waals surface area contributed by atoms with Crippen LogP contribution in [0.1, 0.15) is 34.1 Å². The molecular weight excluding hydrogens is 320 g/mol. The Morgan fingerprint density at radius 2 is 1.78 bits per heavy atom. The minimum atomic E-state index is -3.15. The third-order valence-corrected chi connectivity index (χ3v) is 6.03. The van der Waals surface area contributed by atoms with Gasteiger partial charge in [0.05, 0.1) is 28.2 Å². The molecule has 2 heterocycles. The zero-order valence-corrected chi connectivity index (χ0v) is 13.4. The molecule has 2 aliphatic heterocycles. The van der Waals surface area contributed by atoms with E-state index in [1.165, 1.54) is 0 Å². The van der Waals surface area contributed by atoms with Crippen LogP contribution in [0.15, 0.2) is 24.3 Å². The summed E-state index contributed by atoms with van der Waals surface area (Å²) in [6.07, 6.45) is 0.323. The van der Waals surface area contributed by atoms with Crippen molar-refractivity contribution in [2.24, 2.45) is 0 Å². The third kappa shape index (κ3) is 2.86. The number of benzene rings is 1. The molecule has 1 aromatic carbocycles. The highest BCUT2D eigenvalue weighted by Crippen LogP contribution is 2.24. The fraction of sp³-hybridized carbons (Fsp3) is 0.400. The highest BCUT2D eigenvalue weighted by atomic mass is 32.2. The van der Waals surface area contributed by atoms with Gasteiger partial charge in [0.25, 0.3) is 11.8 Å². The van der Waals surface area contributed by atoms with Gasteiger partial charge in [-0.15, -0.1) is 0 Å². The largest absolute Gasteiger partial charge is 0.348 e. The number of hydrogen-bond acceptors (Lipinski definition) is 5. The maximum absolute atomic E-state index is 12.2. The summed E-state index contributed by atoms with van der Waals surface area (Å²) in [7, 11) is -3.15. The van der Waals surface area contributed by atoms with E-state index in [2.05, 4.69) is 5.32 Å². The Morgan fingerprint density at radius 3 is 2.26 bits per heavy atom. The van der Waals surface area contributed by atoms with Gasteiger partial charge < -0.3 is 5.32 Å². The molecule has 0 saturated carbocycles. The maximum atomic E-state index is 12.2. The van der Waals surface area contributed by atoms with Gasteiger partial charge in [-0.05, 0) is 25.5 Å². The standard InChI is InChI=1S/C15H16N2O5S/c1-15(6-7-23(21,22)9-15)16-12(18)8-17-13(19)10-4-2-3-5-11(10)14(17)20/h2-5H,6-9H2,1H3,(H,16,18)/t15-/m0/s1. The summed E-state index contributed by atoms with van der Waals surface area (Å²) in [5.41, 5.74) is -0.297. The van der Waals surface area contributed by atoms with Crippen LogP contribution in [0.2, 0.25) is 0 Å². The SMILES string of the molecule is C[C@]1(NC(=O)CN2C(=O)c3ccccc3C2=O)CCS(=O)(=O)C1. The monoisotopic (exact) mass is 336 g/mol. The third-order valence-electron chi connectivity index (χ3n) is 4.12. The van der Waals surface area contributed by atoms with Crippen molar-refractivity contribution in [3.05, 3.63) is 35.4 Å². The lowest BCUT2D eigenvalue weighted by Gasteiger charge is -2.25. The van der Waals surface area contributed by atoms with Crippen molar-refractivity contribution in [2.75, 3.05) is 18.1 Å². The molecule has 23 heavy (non-hydrogen) atoms. The van der Waals surface area contributed by atoms with Crippen LogP contribution in [0.4, 0.5) is 0 Å². The second kappa shape index (κ2) is 5.16. The number of amides is 3. The molecule has 1 N–H and O–H groups in total. The van der Waals surface area contributed by atoms with Crippen molar-refractivity contribution in [3.63, 3.8) is 0 Å². The first-order valence-electron chi connectivity index (χ1n) is 7.17. The highest BCUT2D eigenvalue weighted by Gasteiger charge is 2.41. The van der Waals surface area contributed by atoms with Crippen LogP contribution in [0.3, 0.4) is 0 Å². The van der Waals surface area contributed by atoms with Crippen molar-refractivity contribution in [1.29, 1.82) is 0 Å². The van der Waals surface area contributed by atoms with Crippen molar-refractivity contribution in [2.45, 2.75) is 18.9 Å². The maximum Gasteiger partial charge on any atom is 0.262 e. The minimum Gasteiger partial charge on any atom is -0.348 e. The molecule has 0 aliphatic carbocycles. The van der Waals surface area contributed by atoms with E-state index in [1.807, 2.05) is 0 Å². The Balaban J connectivity index is 1.70. The Hall–Kier alpha value is -2.22. The van der Waals surface area contributed by atoms with Crippen LogP contribution in [-0.4, -0.2) is 54.6 Å². The first kappa shape index (κ1) is 15.7. The Labute approximate surface area is 133 Å². The van der Waals surface area contributed by atoms with Gasteiger partial charge in [-0.3, -0.25) is 19.3 Å². The Kier molecular flexibility index (Phi) is 3.51. The van der Waals surface area contributed by atoms with Gasteiger partial charge in [-0.1, -0.05) is 12.1 Å². The lowest BCUT2D eigenvalue weighted by Crippen LogP contribution is -2.51. The summed E-state index contributed by atoms with van der Waals surface area (Å²) in [6, 6.07) is 6.38. The molecule has 0 bridgehead atoms. The second-order valence-corrected chi connectivity index (χ2v) is 8.38. The number of fused-ring (bicyclic) bond motifs is 1. The van der Waals surface area contributed by atoms with Crippen molar-refractivity contribution >= 4 is 27.6 Å². The fourth-order valence-electron chi connectivity index (χ4n) is 3.01. The lowest BCUT2D eigenvalue weighted by molar-refractivity contribution is -0.122. The van der Waals surface area contributed by atoms with Crippen LogP contribution in [0, 0.1) is 0 Å². The van der Waals surface area contributed by atoms with Crippen molar-refractivity contribution < 1.29 is 22.8 Å². The number of rotatable bonds is 3. The number of carbonyl (C=O) groups excluding carboxylic acids is 3.